The topological polar surface area (TPSA) is 72.7 Å². The number of nitrogens with one attached hydrogen (secondary N) is 1. The van der Waals surface area contributed by atoms with Crippen LogP contribution in [0.3, 0.4) is 0 Å². The number of carbonyl (C=O) groups excluding carboxylic acids is 1. The van der Waals surface area contributed by atoms with Gasteiger partial charge in [-0.2, -0.15) is 9.90 Å². The highest BCUT2D eigenvalue weighted by Crippen LogP contribution is 2.22. The fourth-order valence-corrected chi connectivity index (χ4v) is 3.11. The Morgan fingerprint density at radius 2 is 1.81 bits per heavy atom. The highest BCUT2D eigenvalue weighted by atomic mass is 16.2. The van der Waals surface area contributed by atoms with Crippen LogP contribution in [0.25, 0.3) is 16.6 Å². The van der Waals surface area contributed by atoms with Gasteiger partial charge in [-0.05, 0) is 44.5 Å². The van der Waals surface area contributed by atoms with Crippen LogP contribution >= 0.6 is 0 Å². The van der Waals surface area contributed by atoms with Gasteiger partial charge in [0.05, 0.1) is 22.6 Å². The third-order valence-corrected chi connectivity index (χ3v) is 4.45. The Kier molecular flexibility index (Phi) is 4.16. The lowest BCUT2D eigenvalue weighted by Gasteiger charge is -2.07. The van der Waals surface area contributed by atoms with Gasteiger partial charge in [-0.25, -0.2) is 0 Å². The molecule has 0 saturated carbocycles. The average Bonchev–Trinajstić information content (AvgIpc) is 3.03. The Hall–Kier alpha value is -3.54. The van der Waals surface area contributed by atoms with Crippen LogP contribution in [0.15, 0.2) is 54.7 Å². The first kappa shape index (κ1) is 16.9. The second kappa shape index (κ2) is 6.64. The lowest BCUT2D eigenvalue weighted by Crippen LogP contribution is -2.14. The zero-order valence-electron chi connectivity index (χ0n) is 15.4. The van der Waals surface area contributed by atoms with E-state index < -0.39 is 0 Å². The van der Waals surface area contributed by atoms with Crippen molar-refractivity contribution < 1.29 is 4.79 Å². The molecule has 1 N–H and O–H groups in total. The monoisotopic (exact) mass is 357 g/mol. The smallest absolute Gasteiger partial charge is 0.278 e. The van der Waals surface area contributed by atoms with E-state index in [1.807, 2.05) is 56.3 Å². The van der Waals surface area contributed by atoms with Crippen LogP contribution in [0.2, 0.25) is 0 Å². The number of rotatable bonds is 3. The van der Waals surface area contributed by atoms with E-state index >= 15 is 0 Å². The second-order valence-corrected chi connectivity index (χ2v) is 6.55. The molecule has 0 aliphatic rings. The zero-order chi connectivity index (χ0) is 19.0. The molecule has 0 saturated heterocycles. The van der Waals surface area contributed by atoms with Crippen molar-refractivity contribution in [3.8, 4) is 5.69 Å². The lowest BCUT2D eigenvalue weighted by atomic mass is 10.1. The van der Waals surface area contributed by atoms with Gasteiger partial charge in [0.25, 0.3) is 5.91 Å². The number of carbonyl (C=O) groups is 1. The molecular weight excluding hydrogens is 338 g/mol. The molecule has 0 bridgehead atoms. The molecule has 1 amide bonds. The number of anilines is 1. The maximum absolute atomic E-state index is 12.8. The minimum Gasteiger partial charge on any atom is -0.319 e. The van der Waals surface area contributed by atoms with E-state index in [0.717, 1.165) is 22.2 Å². The number of amides is 1. The number of pyridine rings is 1. The van der Waals surface area contributed by atoms with Gasteiger partial charge in [-0.15, -0.1) is 5.10 Å². The molecule has 0 atom stereocenters. The third-order valence-electron chi connectivity index (χ3n) is 4.45. The van der Waals surface area contributed by atoms with E-state index in [1.165, 1.54) is 10.4 Å². The molecule has 0 fully saturated rings. The number of nitrogens with zero attached hydrogens (tertiary/aromatic N) is 4. The molecule has 2 aromatic heterocycles. The highest BCUT2D eigenvalue weighted by molar-refractivity contribution is 6.07. The third kappa shape index (κ3) is 3.17. The Balaban J connectivity index is 1.67. The summed E-state index contributed by atoms with van der Waals surface area (Å²) in [5, 5.41) is 12.7. The van der Waals surface area contributed by atoms with Crippen molar-refractivity contribution in [2.75, 3.05) is 5.32 Å². The van der Waals surface area contributed by atoms with Crippen molar-refractivity contribution in [3.05, 3.63) is 77.2 Å². The molecule has 2 aromatic carbocycles. The van der Waals surface area contributed by atoms with E-state index in [9.17, 15) is 4.79 Å². The van der Waals surface area contributed by atoms with E-state index in [0.29, 0.717) is 17.1 Å². The lowest BCUT2D eigenvalue weighted by molar-refractivity contribution is 0.102. The number of benzene rings is 2. The fraction of sp³-hybridized carbons (Fsp3) is 0.143. The minimum atomic E-state index is -0.304. The molecule has 0 spiro atoms. The first-order valence-corrected chi connectivity index (χ1v) is 8.69. The fourth-order valence-electron chi connectivity index (χ4n) is 3.11. The van der Waals surface area contributed by atoms with Crippen LogP contribution in [0.4, 0.5) is 5.69 Å². The predicted octanol–water partition coefficient (Wildman–Crippen LogP) is 3.99. The van der Waals surface area contributed by atoms with Gasteiger partial charge in [-0.3, -0.25) is 9.78 Å². The Morgan fingerprint density at radius 1 is 1.00 bits per heavy atom. The van der Waals surface area contributed by atoms with Gasteiger partial charge in [0.15, 0.2) is 5.69 Å². The number of aromatic nitrogens is 4. The quantitative estimate of drug-likeness (QED) is 0.602. The van der Waals surface area contributed by atoms with Gasteiger partial charge in [0.2, 0.25) is 0 Å². The summed E-state index contributed by atoms with van der Waals surface area (Å²) in [6.07, 6.45) is 1.71. The molecule has 27 heavy (non-hydrogen) atoms. The van der Waals surface area contributed by atoms with Crippen molar-refractivity contribution in [3.63, 3.8) is 0 Å². The van der Waals surface area contributed by atoms with Crippen LogP contribution in [-0.2, 0) is 0 Å². The van der Waals surface area contributed by atoms with Crippen molar-refractivity contribution in [1.29, 1.82) is 0 Å². The first-order chi connectivity index (χ1) is 13.0. The van der Waals surface area contributed by atoms with Crippen LogP contribution in [-0.4, -0.2) is 25.9 Å². The van der Waals surface area contributed by atoms with E-state index in [1.54, 1.807) is 13.1 Å². The number of hydrogen-bond donors (Lipinski definition) is 1. The largest absolute Gasteiger partial charge is 0.319 e. The average molecular weight is 357 g/mol. The molecule has 4 rings (SSSR count). The van der Waals surface area contributed by atoms with Crippen LogP contribution in [0, 0.1) is 20.8 Å². The second-order valence-electron chi connectivity index (χ2n) is 6.55. The van der Waals surface area contributed by atoms with Crippen LogP contribution in [0.5, 0.6) is 0 Å². The summed E-state index contributed by atoms with van der Waals surface area (Å²) in [5.41, 5.74) is 5.33. The Labute approximate surface area is 156 Å². The number of hydrogen-bond acceptors (Lipinski definition) is 4. The van der Waals surface area contributed by atoms with Crippen molar-refractivity contribution in [2.45, 2.75) is 20.8 Å². The number of para-hydroxylation sites is 1. The normalized spacial score (nSPS) is 10.9. The van der Waals surface area contributed by atoms with E-state index in [4.69, 9.17) is 0 Å². The number of fused-ring (bicyclic) bond motifs is 1. The molecule has 4 aromatic rings. The van der Waals surface area contributed by atoms with Crippen molar-refractivity contribution in [2.24, 2.45) is 0 Å². The predicted molar refractivity (Wildman–Crippen MR) is 105 cm³/mol. The van der Waals surface area contributed by atoms with Gasteiger partial charge in [0.1, 0.15) is 0 Å². The van der Waals surface area contributed by atoms with Gasteiger partial charge in [-0.1, -0.05) is 35.9 Å². The summed E-state index contributed by atoms with van der Waals surface area (Å²) in [7, 11) is 0. The molecular formula is C21H19N5O. The zero-order valence-corrected chi connectivity index (χ0v) is 15.4. The molecule has 134 valence electrons. The Morgan fingerprint density at radius 3 is 2.63 bits per heavy atom. The summed E-state index contributed by atoms with van der Waals surface area (Å²) in [4.78, 5) is 18.7. The van der Waals surface area contributed by atoms with E-state index in [-0.39, 0.29) is 5.91 Å². The molecule has 0 radical (unpaired) electrons. The van der Waals surface area contributed by atoms with Crippen molar-refractivity contribution >= 4 is 22.5 Å². The van der Waals surface area contributed by atoms with Gasteiger partial charge in [0, 0.05) is 11.6 Å². The number of aryl methyl sites for hydroxylation is 3. The van der Waals surface area contributed by atoms with Crippen LogP contribution in [0.1, 0.15) is 27.3 Å². The summed E-state index contributed by atoms with van der Waals surface area (Å²) >= 11 is 0. The standard InChI is InChI=1S/C21H19N5O/c1-13-9-10-18(14(2)12-13)26-24-15(3)19(25-26)21(27)23-17-8-4-6-16-7-5-11-22-20(16)17/h4-12H,1-3H3,(H,23,27). The molecule has 2 heterocycles. The maximum Gasteiger partial charge on any atom is 0.278 e. The van der Waals surface area contributed by atoms with Crippen molar-refractivity contribution in [1.82, 2.24) is 20.0 Å². The summed E-state index contributed by atoms with van der Waals surface area (Å²) in [5.74, 6) is -0.304. The summed E-state index contributed by atoms with van der Waals surface area (Å²) in [6.45, 7) is 5.82. The molecule has 6 nitrogen and oxygen atoms in total. The SMILES string of the molecule is Cc1ccc(-n2nc(C)c(C(=O)Nc3cccc4cccnc34)n2)c(C)c1. The Bertz CT molecular complexity index is 1160. The van der Waals surface area contributed by atoms with Crippen LogP contribution < -0.4 is 5.32 Å². The van der Waals surface area contributed by atoms with Gasteiger partial charge >= 0.3 is 0 Å². The minimum absolute atomic E-state index is 0.294. The molecule has 6 heteroatoms. The van der Waals surface area contributed by atoms with Gasteiger partial charge < -0.3 is 5.32 Å². The first-order valence-electron chi connectivity index (χ1n) is 8.69. The molecule has 0 aliphatic carbocycles. The highest BCUT2D eigenvalue weighted by Gasteiger charge is 2.18. The summed E-state index contributed by atoms with van der Waals surface area (Å²) < 4.78 is 0. The molecule has 0 unspecified atom stereocenters. The van der Waals surface area contributed by atoms with E-state index in [2.05, 4.69) is 26.6 Å². The maximum atomic E-state index is 12.8. The molecule has 0 aliphatic heterocycles. The summed E-state index contributed by atoms with van der Waals surface area (Å²) in [6, 6.07) is 15.5.